The monoisotopic (exact) mass is 209 g/mol. The van der Waals surface area contributed by atoms with Crippen molar-refractivity contribution in [1.29, 1.82) is 0 Å². The predicted molar refractivity (Wildman–Crippen MR) is 57.7 cm³/mol. The molecule has 0 aromatic heterocycles. The molecular weight excluding hydrogens is 193 g/mol. The van der Waals surface area contributed by atoms with Crippen molar-refractivity contribution >= 4 is 0 Å². The Labute approximate surface area is 89.4 Å². The van der Waals surface area contributed by atoms with Gasteiger partial charge in [-0.3, -0.25) is 0 Å². The van der Waals surface area contributed by atoms with E-state index in [1.165, 1.54) is 6.07 Å². The third kappa shape index (κ3) is 2.69. The van der Waals surface area contributed by atoms with Gasteiger partial charge >= 0.3 is 0 Å². The highest BCUT2D eigenvalue weighted by Gasteiger charge is 2.15. The Morgan fingerprint density at radius 3 is 3.00 bits per heavy atom. The topological polar surface area (TPSA) is 21.3 Å². The minimum Gasteiger partial charge on any atom is -0.486 e. The van der Waals surface area contributed by atoms with E-state index in [2.05, 4.69) is 5.32 Å². The number of hydrogen-bond acceptors (Lipinski definition) is 2. The Hall–Kier alpha value is -1.09. The molecule has 1 fully saturated rings. The van der Waals surface area contributed by atoms with Gasteiger partial charge in [-0.25, -0.2) is 4.39 Å². The minimum absolute atomic E-state index is 0.107. The summed E-state index contributed by atoms with van der Waals surface area (Å²) in [5, 5.41) is 3.24. The maximum absolute atomic E-state index is 13.5. The van der Waals surface area contributed by atoms with Crippen LogP contribution in [0.5, 0.6) is 5.75 Å². The zero-order valence-electron chi connectivity index (χ0n) is 8.92. The van der Waals surface area contributed by atoms with Gasteiger partial charge in [-0.1, -0.05) is 6.07 Å². The Morgan fingerprint density at radius 1 is 1.47 bits per heavy atom. The molecule has 0 radical (unpaired) electrons. The van der Waals surface area contributed by atoms with Crippen LogP contribution in [0.2, 0.25) is 0 Å². The van der Waals surface area contributed by atoms with Crippen LogP contribution in [0.3, 0.4) is 0 Å². The van der Waals surface area contributed by atoms with Crippen molar-refractivity contribution < 1.29 is 9.13 Å². The molecule has 15 heavy (non-hydrogen) atoms. The lowest BCUT2D eigenvalue weighted by molar-refractivity contribution is 0.160. The van der Waals surface area contributed by atoms with Crippen molar-refractivity contribution in [2.24, 2.45) is 0 Å². The van der Waals surface area contributed by atoms with Crippen molar-refractivity contribution in [3.63, 3.8) is 0 Å². The van der Waals surface area contributed by atoms with Gasteiger partial charge in [-0.2, -0.15) is 0 Å². The molecule has 0 amide bonds. The molecule has 1 aliphatic heterocycles. The van der Waals surface area contributed by atoms with Crippen LogP contribution in [0.15, 0.2) is 18.2 Å². The van der Waals surface area contributed by atoms with Gasteiger partial charge in [0.15, 0.2) is 11.6 Å². The number of ether oxygens (including phenoxy) is 1. The first-order valence-electron chi connectivity index (χ1n) is 5.39. The maximum Gasteiger partial charge on any atom is 0.165 e. The molecule has 1 heterocycles. The number of benzene rings is 1. The molecule has 0 unspecified atom stereocenters. The van der Waals surface area contributed by atoms with Crippen molar-refractivity contribution in [2.45, 2.75) is 25.9 Å². The van der Waals surface area contributed by atoms with Gasteiger partial charge < -0.3 is 10.1 Å². The summed E-state index contributed by atoms with van der Waals surface area (Å²) in [6.45, 7) is 3.72. The normalized spacial score (nSPS) is 21.3. The molecule has 1 atom stereocenters. The lowest BCUT2D eigenvalue weighted by Crippen LogP contribution is -2.37. The van der Waals surface area contributed by atoms with E-state index in [-0.39, 0.29) is 11.9 Å². The van der Waals surface area contributed by atoms with Crippen molar-refractivity contribution in [3.05, 3.63) is 29.6 Å². The number of nitrogens with one attached hydrogen (secondary N) is 1. The number of piperidine rings is 1. The highest BCUT2D eigenvalue weighted by Crippen LogP contribution is 2.20. The molecule has 0 spiro atoms. The van der Waals surface area contributed by atoms with E-state index in [4.69, 9.17) is 4.74 Å². The molecule has 0 saturated carbocycles. The van der Waals surface area contributed by atoms with Gasteiger partial charge in [-0.05, 0) is 44.0 Å². The molecule has 3 heteroatoms. The van der Waals surface area contributed by atoms with Gasteiger partial charge in [0.1, 0.15) is 6.10 Å². The van der Waals surface area contributed by atoms with E-state index in [1.807, 2.05) is 13.0 Å². The Morgan fingerprint density at radius 2 is 2.33 bits per heavy atom. The third-order valence-electron chi connectivity index (χ3n) is 2.63. The fraction of sp³-hybridized carbons (Fsp3) is 0.500. The molecule has 0 bridgehead atoms. The predicted octanol–water partition coefficient (Wildman–Crippen LogP) is 2.26. The molecule has 82 valence electrons. The summed E-state index contributed by atoms with van der Waals surface area (Å²) in [5.41, 5.74) is 0.918. The van der Waals surface area contributed by atoms with E-state index in [1.54, 1.807) is 6.07 Å². The number of hydrogen-bond donors (Lipinski definition) is 1. The third-order valence-corrected chi connectivity index (χ3v) is 2.63. The average molecular weight is 209 g/mol. The van der Waals surface area contributed by atoms with Crippen molar-refractivity contribution in [2.75, 3.05) is 13.1 Å². The molecule has 1 aromatic rings. The fourth-order valence-corrected chi connectivity index (χ4v) is 1.80. The summed E-state index contributed by atoms with van der Waals surface area (Å²) >= 11 is 0. The summed E-state index contributed by atoms with van der Waals surface area (Å²) in [6, 6.07) is 5.08. The van der Waals surface area contributed by atoms with Gasteiger partial charge in [0.05, 0.1) is 0 Å². The van der Waals surface area contributed by atoms with Crippen LogP contribution in [0, 0.1) is 12.7 Å². The smallest absolute Gasteiger partial charge is 0.165 e. The lowest BCUT2D eigenvalue weighted by atomic mass is 10.1. The fourth-order valence-electron chi connectivity index (χ4n) is 1.80. The lowest BCUT2D eigenvalue weighted by Gasteiger charge is -2.24. The SMILES string of the molecule is Cc1ccc(O[C@@H]2CCCNC2)c(F)c1. The van der Waals surface area contributed by atoms with E-state index >= 15 is 0 Å². The van der Waals surface area contributed by atoms with Gasteiger partial charge in [0.25, 0.3) is 0 Å². The number of aryl methyl sites for hydroxylation is 1. The summed E-state index contributed by atoms with van der Waals surface area (Å²) in [5.74, 6) is 0.106. The van der Waals surface area contributed by atoms with Crippen molar-refractivity contribution in [1.82, 2.24) is 5.32 Å². The van der Waals surface area contributed by atoms with E-state index in [0.29, 0.717) is 5.75 Å². The van der Waals surface area contributed by atoms with Crippen LogP contribution in [0.4, 0.5) is 4.39 Å². The molecule has 0 aliphatic carbocycles. The second-order valence-electron chi connectivity index (χ2n) is 4.02. The quantitative estimate of drug-likeness (QED) is 0.806. The highest BCUT2D eigenvalue weighted by molar-refractivity contribution is 5.28. The van der Waals surface area contributed by atoms with Crippen molar-refractivity contribution in [3.8, 4) is 5.75 Å². The number of rotatable bonds is 2. The highest BCUT2D eigenvalue weighted by atomic mass is 19.1. The Bertz CT molecular complexity index is 334. The van der Waals surface area contributed by atoms with Crippen LogP contribution >= 0.6 is 0 Å². The largest absolute Gasteiger partial charge is 0.486 e. The van der Waals surface area contributed by atoms with Crippen LogP contribution < -0.4 is 10.1 Å². The van der Waals surface area contributed by atoms with E-state index < -0.39 is 0 Å². The first-order chi connectivity index (χ1) is 7.25. The molecule has 1 aromatic carbocycles. The van der Waals surface area contributed by atoms with E-state index in [0.717, 1.165) is 31.5 Å². The van der Waals surface area contributed by atoms with Gasteiger partial charge in [-0.15, -0.1) is 0 Å². The zero-order valence-corrected chi connectivity index (χ0v) is 8.92. The Balaban J connectivity index is 2.03. The van der Waals surface area contributed by atoms with Gasteiger partial charge in [0.2, 0.25) is 0 Å². The second kappa shape index (κ2) is 4.62. The first-order valence-corrected chi connectivity index (χ1v) is 5.39. The zero-order chi connectivity index (χ0) is 10.7. The molecule has 1 saturated heterocycles. The summed E-state index contributed by atoms with van der Waals surface area (Å²) in [4.78, 5) is 0. The maximum atomic E-state index is 13.5. The van der Waals surface area contributed by atoms with Crippen LogP contribution in [-0.4, -0.2) is 19.2 Å². The molecule has 1 aliphatic rings. The number of halogens is 1. The summed E-state index contributed by atoms with van der Waals surface area (Å²) in [6.07, 6.45) is 2.20. The molecule has 1 N–H and O–H groups in total. The van der Waals surface area contributed by atoms with Gasteiger partial charge in [0, 0.05) is 6.54 Å². The molecular formula is C12H16FNO. The Kier molecular flexibility index (Phi) is 3.21. The molecule has 2 rings (SSSR count). The van der Waals surface area contributed by atoms with E-state index in [9.17, 15) is 4.39 Å². The minimum atomic E-state index is -0.263. The van der Waals surface area contributed by atoms with Crippen LogP contribution in [-0.2, 0) is 0 Å². The van der Waals surface area contributed by atoms with Crippen LogP contribution in [0.1, 0.15) is 18.4 Å². The standard InChI is InChI=1S/C12H16FNO/c1-9-4-5-12(11(13)7-9)15-10-3-2-6-14-8-10/h4-5,7,10,14H,2-3,6,8H2,1H3/t10-/m1/s1. The summed E-state index contributed by atoms with van der Waals surface area (Å²) < 4.78 is 19.1. The molecule has 2 nitrogen and oxygen atoms in total. The second-order valence-corrected chi connectivity index (χ2v) is 4.02. The van der Waals surface area contributed by atoms with Crippen LogP contribution in [0.25, 0.3) is 0 Å². The first kappa shape index (κ1) is 10.4. The average Bonchev–Trinajstić information content (AvgIpc) is 2.24. The summed E-state index contributed by atoms with van der Waals surface area (Å²) in [7, 11) is 0.